The van der Waals surface area contributed by atoms with E-state index < -0.39 is 6.04 Å². The third-order valence-corrected chi connectivity index (χ3v) is 3.89. The highest BCUT2D eigenvalue weighted by Gasteiger charge is 2.31. The van der Waals surface area contributed by atoms with Crippen molar-refractivity contribution in [1.82, 2.24) is 10.2 Å². The Balaban J connectivity index is 2.02. The van der Waals surface area contributed by atoms with Crippen molar-refractivity contribution < 1.29 is 14.7 Å². The van der Waals surface area contributed by atoms with Gasteiger partial charge in [0.15, 0.2) is 0 Å². The average molecular weight is 284 g/mol. The highest BCUT2D eigenvalue weighted by molar-refractivity contribution is 6.05. The van der Waals surface area contributed by atoms with E-state index in [1.54, 1.807) is 25.1 Å². The second-order valence-electron chi connectivity index (χ2n) is 5.15. The molecule has 21 heavy (non-hydrogen) atoms. The van der Waals surface area contributed by atoms with E-state index in [2.05, 4.69) is 5.32 Å². The van der Waals surface area contributed by atoms with Gasteiger partial charge in [0.05, 0.1) is 5.56 Å². The molecular formula is C16H16N2O3. The number of nitrogens with zero attached hydrogens (tertiary/aromatic N) is 1. The van der Waals surface area contributed by atoms with Crippen molar-refractivity contribution in [1.29, 1.82) is 0 Å². The van der Waals surface area contributed by atoms with Crippen LogP contribution in [0.25, 0.3) is 10.8 Å². The van der Waals surface area contributed by atoms with Gasteiger partial charge in [0, 0.05) is 18.5 Å². The van der Waals surface area contributed by atoms with Crippen LogP contribution in [0.2, 0.25) is 0 Å². The second-order valence-corrected chi connectivity index (χ2v) is 5.15. The molecule has 1 saturated heterocycles. The molecular weight excluding hydrogens is 268 g/mol. The zero-order valence-electron chi connectivity index (χ0n) is 11.7. The smallest absolute Gasteiger partial charge is 0.258 e. The minimum absolute atomic E-state index is 0.0312. The fourth-order valence-corrected chi connectivity index (χ4v) is 2.64. The first-order valence-corrected chi connectivity index (χ1v) is 6.89. The fourth-order valence-electron chi connectivity index (χ4n) is 2.64. The van der Waals surface area contributed by atoms with Crippen molar-refractivity contribution in [2.75, 3.05) is 13.1 Å². The highest BCUT2D eigenvalue weighted by Crippen LogP contribution is 2.29. The van der Waals surface area contributed by atoms with E-state index in [1.165, 1.54) is 4.90 Å². The van der Waals surface area contributed by atoms with Gasteiger partial charge in [-0.2, -0.15) is 0 Å². The zero-order valence-corrected chi connectivity index (χ0v) is 11.7. The summed E-state index contributed by atoms with van der Waals surface area (Å²) in [5, 5.41) is 14.6. The van der Waals surface area contributed by atoms with E-state index in [1.807, 2.05) is 18.2 Å². The molecule has 1 atom stereocenters. The Labute approximate surface area is 122 Å². The van der Waals surface area contributed by atoms with Gasteiger partial charge in [0.1, 0.15) is 11.8 Å². The number of hydrogen-bond donors (Lipinski definition) is 2. The molecule has 0 saturated carbocycles. The van der Waals surface area contributed by atoms with Crippen molar-refractivity contribution in [3.63, 3.8) is 0 Å². The number of aromatic hydroxyl groups is 1. The van der Waals surface area contributed by atoms with Crippen LogP contribution in [-0.2, 0) is 4.79 Å². The number of rotatable bonds is 1. The normalized spacial score (nSPS) is 18.6. The number of carbonyl (C=O) groups excluding carboxylic acids is 2. The number of nitrogens with one attached hydrogen (secondary N) is 1. The first kappa shape index (κ1) is 13.4. The van der Waals surface area contributed by atoms with E-state index in [0.29, 0.717) is 18.5 Å². The number of benzene rings is 2. The van der Waals surface area contributed by atoms with E-state index >= 15 is 0 Å². The third kappa shape index (κ3) is 2.20. The first-order chi connectivity index (χ1) is 10.1. The molecule has 5 nitrogen and oxygen atoms in total. The predicted molar refractivity (Wildman–Crippen MR) is 79.1 cm³/mol. The lowest BCUT2D eigenvalue weighted by atomic mass is 10.0. The topological polar surface area (TPSA) is 69.6 Å². The van der Waals surface area contributed by atoms with Crippen LogP contribution < -0.4 is 5.32 Å². The number of phenolic OH excluding ortho intramolecular Hbond substituents is 1. The monoisotopic (exact) mass is 284 g/mol. The molecule has 1 aliphatic rings. The fraction of sp³-hybridized carbons (Fsp3) is 0.250. The van der Waals surface area contributed by atoms with Crippen LogP contribution in [0.4, 0.5) is 0 Å². The van der Waals surface area contributed by atoms with Crippen LogP contribution in [0.1, 0.15) is 17.3 Å². The van der Waals surface area contributed by atoms with Crippen LogP contribution in [0.3, 0.4) is 0 Å². The zero-order chi connectivity index (χ0) is 15.0. The molecule has 108 valence electrons. The Morgan fingerprint density at radius 3 is 2.86 bits per heavy atom. The third-order valence-electron chi connectivity index (χ3n) is 3.89. The molecule has 0 bridgehead atoms. The number of piperazine rings is 1. The summed E-state index contributed by atoms with van der Waals surface area (Å²) in [4.78, 5) is 25.8. The maximum atomic E-state index is 12.6. The van der Waals surface area contributed by atoms with Crippen molar-refractivity contribution in [3.05, 3.63) is 42.0 Å². The quantitative estimate of drug-likeness (QED) is 0.834. The van der Waals surface area contributed by atoms with E-state index in [0.717, 1.165) is 5.39 Å². The van der Waals surface area contributed by atoms with Gasteiger partial charge in [-0.1, -0.05) is 30.3 Å². The molecule has 2 aromatic rings. The molecule has 0 aliphatic carbocycles. The number of phenols is 1. The molecule has 1 aliphatic heterocycles. The molecule has 1 heterocycles. The maximum absolute atomic E-state index is 12.6. The Hall–Kier alpha value is -2.56. The lowest BCUT2D eigenvalue weighted by molar-refractivity contribution is -0.127. The van der Waals surface area contributed by atoms with Gasteiger partial charge in [-0.05, 0) is 18.4 Å². The van der Waals surface area contributed by atoms with Crippen LogP contribution in [-0.4, -0.2) is 41.0 Å². The summed E-state index contributed by atoms with van der Waals surface area (Å²) >= 11 is 0. The van der Waals surface area contributed by atoms with Gasteiger partial charge in [0.2, 0.25) is 5.91 Å². The summed E-state index contributed by atoms with van der Waals surface area (Å²) in [5.74, 6) is -0.522. The summed E-state index contributed by atoms with van der Waals surface area (Å²) in [6.07, 6.45) is 0. The largest absolute Gasteiger partial charge is 0.506 e. The lowest BCUT2D eigenvalue weighted by Gasteiger charge is -2.33. The molecule has 5 heteroatoms. The van der Waals surface area contributed by atoms with Gasteiger partial charge < -0.3 is 15.3 Å². The van der Waals surface area contributed by atoms with E-state index in [4.69, 9.17) is 0 Å². The second kappa shape index (κ2) is 5.09. The summed E-state index contributed by atoms with van der Waals surface area (Å²) < 4.78 is 0. The van der Waals surface area contributed by atoms with Gasteiger partial charge >= 0.3 is 0 Å². The maximum Gasteiger partial charge on any atom is 0.258 e. The van der Waals surface area contributed by atoms with Crippen LogP contribution >= 0.6 is 0 Å². The molecule has 1 fully saturated rings. The van der Waals surface area contributed by atoms with Crippen molar-refractivity contribution in [3.8, 4) is 5.75 Å². The van der Waals surface area contributed by atoms with Crippen molar-refractivity contribution >= 4 is 22.6 Å². The number of carbonyl (C=O) groups is 2. The summed E-state index contributed by atoms with van der Waals surface area (Å²) in [5.41, 5.74) is 0.232. The molecule has 2 amide bonds. The SMILES string of the molecule is CC1C(=O)NCCN1C(=O)c1ccc2ccccc2c1O. The number of fused-ring (bicyclic) bond motifs is 1. The molecule has 0 aromatic heterocycles. The van der Waals surface area contributed by atoms with E-state index in [9.17, 15) is 14.7 Å². The van der Waals surface area contributed by atoms with Crippen molar-refractivity contribution in [2.24, 2.45) is 0 Å². The van der Waals surface area contributed by atoms with Crippen LogP contribution in [0, 0.1) is 0 Å². The Morgan fingerprint density at radius 2 is 2.05 bits per heavy atom. The molecule has 2 aromatic carbocycles. The Bertz CT molecular complexity index is 727. The van der Waals surface area contributed by atoms with Crippen LogP contribution in [0.5, 0.6) is 5.75 Å². The van der Waals surface area contributed by atoms with Gasteiger partial charge in [-0.25, -0.2) is 0 Å². The molecule has 0 spiro atoms. The van der Waals surface area contributed by atoms with E-state index in [-0.39, 0.29) is 23.1 Å². The minimum atomic E-state index is -0.530. The Morgan fingerprint density at radius 1 is 1.29 bits per heavy atom. The molecule has 2 N–H and O–H groups in total. The number of hydrogen-bond acceptors (Lipinski definition) is 3. The summed E-state index contributed by atoms with van der Waals surface area (Å²) in [6, 6.07) is 10.2. The number of amides is 2. The van der Waals surface area contributed by atoms with Crippen LogP contribution in [0.15, 0.2) is 36.4 Å². The highest BCUT2D eigenvalue weighted by atomic mass is 16.3. The summed E-state index contributed by atoms with van der Waals surface area (Å²) in [6.45, 7) is 2.56. The first-order valence-electron chi connectivity index (χ1n) is 6.89. The molecule has 1 unspecified atom stereocenters. The lowest BCUT2D eigenvalue weighted by Crippen LogP contribution is -2.55. The predicted octanol–water partition coefficient (Wildman–Crippen LogP) is 1.51. The van der Waals surface area contributed by atoms with Gasteiger partial charge in [-0.3, -0.25) is 9.59 Å². The van der Waals surface area contributed by atoms with Crippen molar-refractivity contribution in [2.45, 2.75) is 13.0 Å². The average Bonchev–Trinajstić information content (AvgIpc) is 2.50. The summed E-state index contributed by atoms with van der Waals surface area (Å²) in [7, 11) is 0. The van der Waals surface area contributed by atoms with Gasteiger partial charge in [0.25, 0.3) is 5.91 Å². The Kier molecular flexibility index (Phi) is 3.25. The van der Waals surface area contributed by atoms with Gasteiger partial charge in [-0.15, -0.1) is 0 Å². The molecule has 3 rings (SSSR count). The minimum Gasteiger partial charge on any atom is -0.506 e. The molecule has 0 radical (unpaired) electrons. The standard InChI is InChI=1S/C16H16N2O3/c1-10-15(20)17-8-9-18(10)16(21)13-7-6-11-4-2-3-5-12(11)14(13)19/h2-7,10,19H,8-9H2,1H3,(H,17,20).